The van der Waals surface area contributed by atoms with Gasteiger partial charge in [-0.05, 0) is 124 Å². The van der Waals surface area contributed by atoms with Gasteiger partial charge in [-0.1, -0.05) is 59.9 Å². The van der Waals surface area contributed by atoms with Gasteiger partial charge in [-0.25, -0.2) is 0 Å². The minimum atomic E-state index is -1.00. The summed E-state index contributed by atoms with van der Waals surface area (Å²) >= 11 is 1.21. The van der Waals surface area contributed by atoms with E-state index < -0.39 is 5.41 Å². The molecule has 3 heteroatoms. The van der Waals surface area contributed by atoms with Crippen LogP contribution in [-0.4, -0.2) is 8.75 Å². The van der Waals surface area contributed by atoms with Crippen LogP contribution in [0.3, 0.4) is 0 Å². The van der Waals surface area contributed by atoms with Crippen LogP contribution >= 0.6 is 11.7 Å². The maximum atomic E-state index is 5.19. The molecule has 0 amide bonds. The SMILES string of the molecule is C#CC#CC#CC#CC1(C#CC#CC#CC#C)c2cc(C)ccc2-c2ccc(-c3ccc(C)c4nsnc34)cc21. The smallest absolute Gasteiger partial charge is 0.145 e. The molecule has 1 heterocycles. The van der Waals surface area contributed by atoms with E-state index in [-0.39, 0.29) is 0 Å². The van der Waals surface area contributed by atoms with Gasteiger partial charge < -0.3 is 0 Å². The molecule has 2 nitrogen and oxygen atoms in total. The molecule has 1 aromatic heterocycles. The third-order valence-corrected chi connectivity index (χ3v) is 6.89. The van der Waals surface area contributed by atoms with E-state index in [2.05, 4.69) is 140 Å². The van der Waals surface area contributed by atoms with Gasteiger partial charge >= 0.3 is 0 Å². The summed E-state index contributed by atoms with van der Waals surface area (Å²) in [4.78, 5) is 0. The van der Waals surface area contributed by atoms with Crippen LogP contribution in [-0.2, 0) is 5.41 Å². The second kappa shape index (κ2) is 11.1. The Morgan fingerprint density at radius 1 is 0.600 bits per heavy atom. The molecule has 0 saturated carbocycles. The van der Waals surface area contributed by atoms with E-state index in [4.69, 9.17) is 12.8 Å². The molecule has 0 N–H and O–H groups in total. The van der Waals surface area contributed by atoms with Crippen molar-refractivity contribution in [2.75, 3.05) is 0 Å². The van der Waals surface area contributed by atoms with Crippen LogP contribution in [0.4, 0.5) is 0 Å². The zero-order valence-corrected chi connectivity index (χ0v) is 22.4. The highest BCUT2D eigenvalue weighted by molar-refractivity contribution is 7.00. The van der Waals surface area contributed by atoms with Crippen molar-refractivity contribution in [2.24, 2.45) is 0 Å². The molecule has 40 heavy (non-hydrogen) atoms. The zero-order chi connectivity index (χ0) is 28.0. The van der Waals surface area contributed by atoms with Crippen LogP contribution < -0.4 is 0 Å². The highest BCUT2D eigenvalue weighted by atomic mass is 32.1. The molecular formula is C37H16N2S. The standard InChI is InChI=1S/C37H16N2S/c1-5-7-9-11-13-15-23-37(24-16-14-12-10-8-6-2)33-25-27(3)17-20-31(33)32-22-19-29(26-34(32)37)30-21-18-28(4)35-36(30)39-40-38-35/h1-2,17-22,25-26H,3-4H3. The van der Waals surface area contributed by atoms with Crippen molar-refractivity contribution >= 4 is 22.8 Å². The van der Waals surface area contributed by atoms with Crippen LogP contribution in [0, 0.1) is 110 Å². The summed E-state index contributed by atoms with van der Waals surface area (Å²) in [5, 5.41) is 0. The Labute approximate surface area is 239 Å². The number of aryl methyl sites for hydroxylation is 2. The maximum absolute atomic E-state index is 5.19. The third kappa shape index (κ3) is 4.67. The van der Waals surface area contributed by atoms with Gasteiger partial charge in [0.15, 0.2) is 0 Å². The fourth-order valence-corrected chi connectivity index (χ4v) is 5.26. The Kier molecular flexibility index (Phi) is 7.13. The summed E-state index contributed by atoms with van der Waals surface area (Å²) in [7, 11) is 0. The van der Waals surface area contributed by atoms with E-state index in [1.54, 1.807) is 0 Å². The van der Waals surface area contributed by atoms with Crippen LogP contribution in [0.2, 0.25) is 0 Å². The highest BCUT2D eigenvalue weighted by Gasteiger charge is 2.41. The lowest BCUT2D eigenvalue weighted by molar-refractivity contribution is 0.916. The van der Waals surface area contributed by atoms with Gasteiger partial charge in [0.2, 0.25) is 0 Å². The summed E-state index contributed by atoms with van der Waals surface area (Å²) in [5.74, 6) is 38.2. The van der Waals surface area contributed by atoms with Crippen molar-refractivity contribution in [3.8, 4) is 118 Å². The molecule has 0 spiro atoms. The lowest BCUT2D eigenvalue weighted by Gasteiger charge is -2.20. The summed E-state index contributed by atoms with van der Waals surface area (Å²) in [6.07, 6.45) is 10.4. The lowest BCUT2D eigenvalue weighted by Crippen LogP contribution is -2.21. The Morgan fingerprint density at radius 2 is 1.15 bits per heavy atom. The van der Waals surface area contributed by atoms with Crippen LogP contribution in [0.25, 0.3) is 33.3 Å². The van der Waals surface area contributed by atoms with Crippen molar-refractivity contribution in [3.05, 3.63) is 70.8 Å². The van der Waals surface area contributed by atoms with Crippen LogP contribution in [0.5, 0.6) is 0 Å². The molecule has 3 aromatic carbocycles. The Hall–Kier alpha value is -6.04. The van der Waals surface area contributed by atoms with Crippen molar-refractivity contribution in [1.29, 1.82) is 0 Å². The molecule has 1 aliphatic carbocycles. The van der Waals surface area contributed by atoms with E-state index in [9.17, 15) is 0 Å². The fourth-order valence-electron chi connectivity index (χ4n) is 4.64. The van der Waals surface area contributed by atoms with Gasteiger partial charge in [-0.15, -0.1) is 12.8 Å². The van der Waals surface area contributed by atoms with Gasteiger partial charge in [-0.3, -0.25) is 0 Å². The third-order valence-electron chi connectivity index (χ3n) is 6.37. The van der Waals surface area contributed by atoms with E-state index in [0.29, 0.717) is 0 Å². The average molecular weight is 521 g/mol. The second-order valence-corrected chi connectivity index (χ2v) is 9.27. The maximum Gasteiger partial charge on any atom is 0.145 e. The first-order chi connectivity index (χ1) is 19.6. The molecular weight excluding hydrogens is 504 g/mol. The number of fused-ring (bicyclic) bond motifs is 4. The average Bonchev–Trinajstić information content (AvgIpc) is 3.55. The number of benzene rings is 3. The van der Waals surface area contributed by atoms with E-state index >= 15 is 0 Å². The summed E-state index contributed by atoms with van der Waals surface area (Å²) < 4.78 is 9.09. The number of hydrogen-bond donors (Lipinski definition) is 0. The molecule has 0 aliphatic heterocycles. The van der Waals surface area contributed by atoms with Gasteiger partial charge in [0.25, 0.3) is 0 Å². The van der Waals surface area contributed by atoms with E-state index in [1.807, 2.05) is 13.8 Å². The summed E-state index contributed by atoms with van der Waals surface area (Å²) in [6, 6.07) is 16.8. The number of hydrogen-bond acceptors (Lipinski definition) is 3. The molecule has 180 valence electrons. The fraction of sp³-hybridized carbons (Fsp3) is 0.0811. The van der Waals surface area contributed by atoms with Crippen LogP contribution in [0.1, 0.15) is 22.3 Å². The molecule has 0 radical (unpaired) electrons. The highest BCUT2D eigenvalue weighted by Crippen LogP contribution is 2.50. The van der Waals surface area contributed by atoms with Crippen molar-refractivity contribution in [3.63, 3.8) is 0 Å². The molecule has 0 atom stereocenters. The first-order valence-corrected chi connectivity index (χ1v) is 12.8. The normalized spacial score (nSPS) is 10.7. The molecule has 0 bridgehead atoms. The van der Waals surface area contributed by atoms with Gasteiger partial charge in [0.05, 0.1) is 11.7 Å². The van der Waals surface area contributed by atoms with Gasteiger partial charge in [0.1, 0.15) is 16.4 Å². The van der Waals surface area contributed by atoms with Crippen molar-refractivity contribution < 1.29 is 0 Å². The van der Waals surface area contributed by atoms with Gasteiger partial charge in [-0.2, -0.15) is 8.75 Å². The monoisotopic (exact) mass is 520 g/mol. The second-order valence-electron chi connectivity index (χ2n) is 8.74. The quantitative estimate of drug-likeness (QED) is 0.309. The molecule has 5 rings (SSSR count). The van der Waals surface area contributed by atoms with E-state index in [1.165, 1.54) is 11.7 Å². The van der Waals surface area contributed by atoms with E-state index in [0.717, 1.165) is 55.5 Å². The minimum Gasteiger partial charge on any atom is -0.173 e. The van der Waals surface area contributed by atoms with Crippen molar-refractivity contribution in [2.45, 2.75) is 19.3 Å². The first-order valence-electron chi connectivity index (χ1n) is 12.0. The Morgan fingerprint density at radius 3 is 1.82 bits per heavy atom. The summed E-state index contributed by atoms with van der Waals surface area (Å²) in [5.41, 5.74) is 8.94. The predicted octanol–water partition coefficient (Wildman–Crippen LogP) is 5.53. The minimum absolute atomic E-state index is 0.870. The topological polar surface area (TPSA) is 25.8 Å². The lowest BCUT2D eigenvalue weighted by atomic mass is 9.78. The molecule has 0 saturated heterocycles. The summed E-state index contributed by atoms with van der Waals surface area (Å²) in [6.45, 7) is 4.08. The molecule has 1 aliphatic rings. The zero-order valence-electron chi connectivity index (χ0n) is 21.6. The van der Waals surface area contributed by atoms with Crippen LogP contribution in [0.15, 0.2) is 48.5 Å². The molecule has 4 aromatic rings. The predicted molar refractivity (Wildman–Crippen MR) is 163 cm³/mol. The number of terminal acetylenes is 2. The largest absolute Gasteiger partial charge is 0.173 e. The number of aromatic nitrogens is 2. The van der Waals surface area contributed by atoms with Gasteiger partial charge in [0, 0.05) is 5.56 Å². The number of rotatable bonds is 1. The van der Waals surface area contributed by atoms with Crippen molar-refractivity contribution in [1.82, 2.24) is 8.75 Å². The Balaban J connectivity index is 1.79. The Bertz CT molecular complexity index is 2130. The number of nitrogens with zero attached hydrogens (tertiary/aromatic N) is 2. The molecule has 0 unspecified atom stereocenters. The molecule has 0 fully saturated rings. The first kappa shape index (κ1) is 25.6.